The van der Waals surface area contributed by atoms with Gasteiger partial charge in [0.15, 0.2) is 5.03 Å². The van der Waals surface area contributed by atoms with Crippen LogP contribution in [0.25, 0.3) is 0 Å². The summed E-state index contributed by atoms with van der Waals surface area (Å²) in [7, 11) is -8.19. The molecule has 3 aromatic rings. The lowest BCUT2D eigenvalue weighted by molar-refractivity contribution is 0.580. The van der Waals surface area contributed by atoms with Crippen LogP contribution in [0.5, 0.6) is 0 Å². The van der Waals surface area contributed by atoms with Crippen molar-refractivity contribution in [3.63, 3.8) is 0 Å². The van der Waals surface area contributed by atoms with Crippen molar-refractivity contribution >= 4 is 19.7 Å². The lowest BCUT2D eigenvalue weighted by atomic mass is 10.1. The molecule has 0 saturated heterocycles. The highest BCUT2D eigenvalue weighted by Crippen LogP contribution is 2.42. The first-order chi connectivity index (χ1) is 14.2. The fourth-order valence-corrected chi connectivity index (χ4v) is 6.61. The lowest BCUT2D eigenvalue weighted by Crippen LogP contribution is -2.13. The molecule has 8 heteroatoms. The largest absolute Gasteiger partial charge is 0.324 e. The first-order valence-electron chi connectivity index (χ1n) is 9.62. The predicted molar refractivity (Wildman–Crippen MR) is 113 cm³/mol. The second kappa shape index (κ2) is 7.61. The van der Waals surface area contributed by atoms with Crippen molar-refractivity contribution in [1.29, 1.82) is 0 Å². The highest BCUT2D eigenvalue weighted by Gasteiger charge is 2.33. The van der Waals surface area contributed by atoms with Crippen LogP contribution in [0.3, 0.4) is 0 Å². The number of nitrogens with zero attached hydrogens (tertiary/aromatic N) is 1. The Balaban J connectivity index is 1.89. The molecule has 6 nitrogen and oxygen atoms in total. The van der Waals surface area contributed by atoms with Crippen LogP contribution >= 0.6 is 0 Å². The first kappa shape index (κ1) is 20.7. The molecule has 1 aromatic heterocycles. The number of rotatable bonds is 6. The van der Waals surface area contributed by atoms with Crippen LogP contribution in [-0.4, -0.2) is 21.8 Å². The minimum atomic E-state index is -4.12. The summed E-state index contributed by atoms with van der Waals surface area (Å²) in [5.41, 5.74) is 7.47. The number of pyridine rings is 1. The van der Waals surface area contributed by atoms with Crippen LogP contribution in [-0.2, 0) is 19.7 Å². The maximum atomic E-state index is 13.4. The van der Waals surface area contributed by atoms with Crippen molar-refractivity contribution in [2.75, 3.05) is 0 Å². The SMILES string of the molecule is CC(N)c1ccc(S(=O)(=O)c2ccc(C3CC3)cc2S(=O)(=O)c2ccccn2)cc1. The van der Waals surface area contributed by atoms with Gasteiger partial charge in [-0.1, -0.05) is 24.3 Å². The molecular formula is C22H22N2O4S2. The van der Waals surface area contributed by atoms with Gasteiger partial charge in [0.25, 0.3) is 0 Å². The molecule has 2 N–H and O–H groups in total. The highest BCUT2D eigenvalue weighted by molar-refractivity contribution is 7.94. The average Bonchev–Trinajstić information content (AvgIpc) is 3.59. The summed E-state index contributed by atoms with van der Waals surface area (Å²) in [6.45, 7) is 1.80. The van der Waals surface area contributed by atoms with E-state index in [1.54, 1.807) is 37.3 Å². The minimum absolute atomic E-state index is 0.0172. The molecule has 0 bridgehead atoms. The monoisotopic (exact) mass is 442 g/mol. The Bertz CT molecular complexity index is 1280. The van der Waals surface area contributed by atoms with Gasteiger partial charge in [0.2, 0.25) is 19.7 Å². The zero-order valence-electron chi connectivity index (χ0n) is 16.4. The Morgan fingerprint density at radius 2 is 1.60 bits per heavy atom. The van der Waals surface area contributed by atoms with Gasteiger partial charge >= 0.3 is 0 Å². The number of aromatic nitrogens is 1. The summed E-state index contributed by atoms with van der Waals surface area (Å²) in [5.74, 6) is 0.268. The van der Waals surface area contributed by atoms with Gasteiger partial charge in [-0.25, -0.2) is 21.8 Å². The molecule has 0 aliphatic heterocycles. The predicted octanol–water partition coefficient (Wildman–Crippen LogP) is 3.64. The second-order valence-corrected chi connectivity index (χ2v) is 11.3. The lowest BCUT2D eigenvalue weighted by Gasteiger charge is -2.14. The zero-order chi connectivity index (χ0) is 21.5. The molecule has 1 atom stereocenters. The fraction of sp³-hybridized carbons (Fsp3) is 0.227. The third kappa shape index (κ3) is 3.78. The molecule has 2 aromatic carbocycles. The van der Waals surface area contributed by atoms with Crippen LogP contribution in [0, 0.1) is 0 Å². The molecule has 4 rings (SSSR count). The van der Waals surface area contributed by atoms with Crippen molar-refractivity contribution < 1.29 is 16.8 Å². The Hall–Kier alpha value is -2.55. The molecule has 0 amide bonds. The van der Waals surface area contributed by atoms with E-state index in [-0.39, 0.29) is 31.7 Å². The van der Waals surface area contributed by atoms with E-state index in [1.807, 2.05) is 0 Å². The van der Waals surface area contributed by atoms with Gasteiger partial charge < -0.3 is 5.73 Å². The summed E-state index contributed by atoms with van der Waals surface area (Å²) in [6, 6.07) is 15.1. The molecule has 30 heavy (non-hydrogen) atoms. The third-order valence-corrected chi connectivity index (χ3v) is 8.89. The normalized spacial score (nSPS) is 15.7. The first-order valence-corrected chi connectivity index (χ1v) is 12.6. The Morgan fingerprint density at radius 3 is 2.17 bits per heavy atom. The van der Waals surface area contributed by atoms with E-state index in [2.05, 4.69) is 4.98 Å². The second-order valence-electron chi connectivity index (χ2n) is 7.51. The smallest absolute Gasteiger partial charge is 0.225 e. The molecule has 1 heterocycles. The molecule has 1 fully saturated rings. The molecule has 156 valence electrons. The van der Waals surface area contributed by atoms with Gasteiger partial charge in [0.1, 0.15) is 0 Å². The van der Waals surface area contributed by atoms with E-state index in [9.17, 15) is 16.8 Å². The summed E-state index contributed by atoms with van der Waals surface area (Å²) in [6.07, 6.45) is 3.31. The summed E-state index contributed by atoms with van der Waals surface area (Å²) < 4.78 is 53.4. The van der Waals surface area contributed by atoms with Gasteiger partial charge in [-0.3, -0.25) is 0 Å². The third-order valence-electron chi connectivity index (χ3n) is 5.22. The van der Waals surface area contributed by atoms with Crippen molar-refractivity contribution in [1.82, 2.24) is 4.98 Å². The number of sulfone groups is 2. The van der Waals surface area contributed by atoms with Crippen LogP contribution in [0.2, 0.25) is 0 Å². The Kier molecular flexibility index (Phi) is 5.25. The van der Waals surface area contributed by atoms with E-state index >= 15 is 0 Å². The standard InChI is InChI=1S/C22H22N2O4S2/c1-15(23)16-7-10-19(11-8-16)29(25,26)20-12-9-18(17-5-6-17)14-21(20)30(27,28)22-4-2-3-13-24-22/h2-4,7-15,17H,5-6,23H2,1H3. The van der Waals surface area contributed by atoms with E-state index in [1.165, 1.54) is 36.5 Å². The molecule has 0 spiro atoms. The Morgan fingerprint density at radius 1 is 0.900 bits per heavy atom. The van der Waals surface area contributed by atoms with Crippen molar-refractivity contribution in [2.45, 2.75) is 51.4 Å². The summed E-state index contributed by atoms with van der Waals surface area (Å²) >= 11 is 0. The van der Waals surface area contributed by atoms with Crippen LogP contribution in [0.4, 0.5) is 0 Å². The van der Waals surface area contributed by atoms with Gasteiger partial charge in [-0.05, 0) is 73.2 Å². The van der Waals surface area contributed by atoms with Gasteiger partial charge in [0.05, 0.1) is 14.7 Å². The van der Waals surface area contributed by atoms with E-state index in [0.29, 0.717) is 0 Å². The fourth-order valence-electron chi connectivity index (χ4n) is 3.32. The summed E-state index contributed by atoms with van der Waals surface area (Å²) in [5, 5.41) is -0.179. The minimum Gasteiger partial charge on any atom is -0.324 e. The molecule has 1 aliphatic carbocycles. The van der Waals surface area contributed by atoms with Gasteiger partial charge in [-0.15, -0.1) is 0 Å². The maximum Gasteiger partial charge on any atom is 0.225 e. The molecule has 1 unspecified atom stereocenters. The number of nitrogens with two attached hydrogens (primary N) is 1. The summed E-state index contributed by atoms with van der Waals surface area (Å²) in [4.78, 5) is 3.49. The van der Waals surface area contributed by atoms with Crippen LogP contribution < -0.4 is 5.73 Å². The van der Waals surface area contributed by atoms with Crippen LogP contribution in [0.15, 0.2) is 86.6 Å². The number of benzene rings is 2. The van der Waals surface area contributed by atoms with E-state index < -0.39 is 19.7 Å². The Labute approximate surface area is 176 Å². The zero-order valence-corrected chi connectivity index (χ0v) is 18.0. The quantitative estimate of drug-likeness (QED) is 0.624. The highest BCUT2D eigenvalue weighted by atomic mass is 32.2. The van der Waals surface area contributed by atoms with Gasteiger partial charge in [0, 0.05) is 12.2 Å². The molecule has 0 radical (unpaired) electrons. The van der Waals surface area contributed by atoms with Crippen molar-refractivity contribution in [3.05, 3.63) is 78.0 Å². The van der Waals surface area contributed by atoms with Crippen molar-refractivity contribution in [3.8, 4) is 0 Å². The van der Waals surface area contributed by atoms with E-state index in [4.69, 9.17) is 5.73 Å². The maximum absolute atomic E-state index is 13.4. The molecule has 1 aliphatic rings. The van der Waals surface area contributed by atoms with Crippen LogP contribution in [0.1, 0.15) is 42.9 Å². The number of hydrogen-bond donors (Lipinski definition) is 1. The van der Waals surface area contributed by atoms with E-state index in [0.717, 1.165) is 24.0 Å². The molecule has 1 saturated carbocycles. The molecular weight excluding hydrogens is 420 g/mol. The number of hydrogen-bond acceptors (Lipinski definition) is 6. The topological polar surface area (TPSA) is 107 Å². The van der Waals surface area contributed by atoms with Gasteiger partial charge in [-0.2, -0.15) is 0 Å². The van der Waals surface area contributed by atoms with Crippen molar-refractivity contribution in [2.24, 2.45) is 5.73 Å². The average molecular weight is 443 g/mol.